The number of aryl methyl sites for hydroxylation is 1. The van der Waals surface area contributed by atoms with Crippen LogP contribution in [-0.4, -0.2) is 31.5 Å². The van der Waals surface area contributed by atoms with Crippen LogP contribution in [0.1, 0.15) is 22.5 Å². The number of hydrogen-bond acceptors (Lipinski definition) is 4. The van der Waals surface area contributed by atoms with Gasteiger partial charge in [0.05, 0.1) is 5.57 Å². The average molecular weight is 461 g/mol. The quantitative estimate of drug-likeness (QED) is 0.556. The number of aromatic nitrogens is 1. The molecule has 2 aromatic carbocycles. The molecule has 0 saturated carbocycles. The zero-order chi connectivity index (χ0) is 23.3. The van der Waals surface area contributed by atoms with Crippen molar-refractivity contribution in [3.63, 3.8) is 0 Å². The summed E-state index contributed by atoms with van der Waals surface area (Å²) >= 11 is 1.04. The molecule has 1 N–H and O–H groups in total. The third-order valence-electron chi connectivity index (χ3n) is 5.40. The SMILES string of the molecule is Cc1cc(/C=C2/C(=N)N3N=C(c4ccccc4F)SC3=NC2=O)c(C)n1-c1cccc(F)c1. The van der Waals surface area contributed by atoms with Crippen LogP contribution in [0, 0.1) is 30.9 Å². The van der Waals surface area contributed by atoms with Gasteiger partial charge in [-0.15, -0.1) is 0 Å². The molecule has 0 spiro atoms. The summed E-state index contributed by atoms with van der Waals surface area (Å²) in [4.78, 5) is 16.8. The second-order valence-corrected chi connectivity index (χ2v) is 8.50. The number of fused-ring (bicyclic) bond motifs is 1. The first-order chi connectivity index (χ1) is 15.8. The van der Waals surface area contributed by atoms with E-state index in [0.717, 1.165) is 23.1 Å². The monoisotopic (exact) mass is 461 g/mol. The minimum atomic E-state index is -0.570. The van der Waals surface area contributed by atoms with Crippen molar-refractivity contribution in [2.24, 2.45) is 10.1 Å². The Kier molecular flexibility index (Phi) is 5.05. The van der Waals surface area contributed by atoms with E-state index in [2.05, 4.69) is 10.1 Å². The molecule has 2 aliphatic heterocycles. The molecular weight excluding hydrogens is 444 g/mol. The van der Waals surface area contributed by atoms with Gasteiger partial charge in [-0.05, 0) is 73.6 Å². The van der Waals surface area contributed by atoms with Crippen LogP contribution in [0.5, 0.6) is 0 Å². The summed E-state index contributed by atoms with van der Waals surface area (Å²) < 4.78 is 29.8. The van der Waals surface area contributed by atoms with Gasteiger partial charge >= 0.3 is 0 Å². The number of thioether (sulfide) groups is 1. The smallest absolute Gasteiger partial charge is 0.283 e. The molecule has 0 bridgehead atoms. The first-order valence-corrected chi connectivity index (χ1v) is 10.8. The van der Waals surface area contributed by atoms with E-state index in [4.69, 9.17) is 5.41 Å². The van der Waals surface area contributed by atoms with Crippen LogP contribution in [0.4, 0.5) is 8.78 Å². The van der Waals surface area contributed by atoms with Gasteiger partial charge in [-0.25, -0.2) is 8.78 Å². The third kappa shape index (κ3) is 3.60. The predicted molar refractivity (Wildman–Crippen MR) is 126 cm³/mol. The summed E-state index contributed by atoms with van der Waals surface area (Å²) in [7, 11) is 0. The molecule has 3 heterocycles. The summed E-state index contributed by atoms with van der Waals surface area (Å²) in [6.07, 6.45) is 1.59. The number of carbonyl (C=O) groups is 1. The van der Waals surface area contributed by atoms with E-state index < -0.39 is 11.7 Å². The van der Waals surface area contributed by atoms with E-state index in [1.54, 1.807) is 36.4 Å². The normalized spacial score (nSPS) is 16.8. The Hall–Kier alpha value is -3.85. The second kappa shape index (κ2) is 7.93. The summed E-state index contributed by atoms with van der Waals surface area (Å²) in [5.74, 6) is -1.50. The van der Waals surface area contributed by atoms with Crippen molar-refractivity contribution in [2.75, 3.05) is 0 Å². The number of hydrazone groups is 1. The molecule has 3 aromatic rings. The van der Waals surface area contributed by atoms with Gasteiger partial charge in [0.15, 0.2) is 5.84 Å². The molecule has 0 fully saturated rings. The predicted octanol–water partition coefficient (Wildman–Crippen LogP) is 5.04. The van der Waals surface area contributed by atoms with E-state index >= 15 is 0 Å². The number of rotatable bonds is 3. The molecule has 6 nitrogen and oxygen atoms in total. The lowest BCUT2D eigenvalue weighted by molar-refractivity contribution is -0.114. The van der Waals surface area contributed by atoms with Gasteiger partial charge in [-0.2, -0.15) is 15.1 Å². The summed E-state index contributed by atoms with van der Waals surface area (Å²) in [6.45, 7) is 3.74. The van der Waals surface area contributed by atoms with E-state index in [0.29, 0.717) is 16.3 Å². The van der Waals surface area contributed by atoms with Crippen molar-refractivity contribution in [2.45, 2.75) is 13.8 Å². The van der Waals surface area contributed by atoms with Gasteiger partial charge in [0.2, 0.25) is 5.17 Å². The van der Waals surface area contributed by atoms with Gasteiger partial charge in [-0.1, -0.05) is 18.2 Å². The zero-order valence-corrected chi connectivity index (χ0v) is 18.5. The van der Waals surface area contributed by atoms with E-state index in [9.17, 15) is 13.6 Å². The largest absolute Gasteiger partial charge is 0.318 e. The van der Waals surface area contributed by atoms with Crippen molar-refractivity contribution >= 4 is 39.8 Å². The number of aliphatic imine (C=N–C) groups is 1. The maximum Gasteiger partial charge on any atom is 0.283 e. The van der Waals surface area contributed by atoms with Crippen molar-refractivity contribution in [1.82, 2.24) is 9.58 Å². The lowest BCUT2D eigenvalue weighted by atomic mass is 10.1. The molecular formula is C24H17F2N5OS. The molecule has 0 aliphatic carbocycles. The first kappa shape index (κ1) is 21.0. The van der Waals surface area contributed by atoms with E-state index in [1.807, 2.05) is 24.5 Å². The highest BCUT2D eigenvalue weighted by molar-refractivity contribution is 8.27. The molecule has 9 heteroatoms. The van der Waals surface area contributed by atoms with Gasteiger partial charge in [0, 0.05) is 22.6 Å². The Morgan fingerprint density at radius 3 is 2.61 bits per heavy atom. The first-order valence-electron chi connectivity index (χ1n) is 10.0. The van der Waals surface area contributed by atoms with Crippen molar-refractivity contribution < 1.29 is 13.6 Å². The Bertz CT molecular complexity index is 1440. The molecule has 0 unspecified atom stereocenters. The number of hydrogen-bond donors (Lipinski definition) is 1. The van der Waals surface area contributed by atoms with E-state index in [1.165, 1.54) is 23.2 Å². The van der Waals surface area contributed by atoms with Crippen molar-refractivity contribution in [1.29, 1.82) is 5.41 Å². The molecule has 5 rings (SSSR count). The second-order valence-electron chi connectivity index (χ2n) is 7.55. The third-order valence-corrected chi connectivity index (χ3v) is 6.34. The minimum absolute atomic E-state index is 0.0670. The summed E-state index contributed by atoms with van der Waals surface area (Å²) in [6, 6.07) is 14.3. The molecule has 164 valence electrons. The highest BCUT2D eigenvalue weighted by Gasteiger charge is 2.36. The van der Waals surface area contributed by atoms with E-state index in [-0.39, 0.29) is 28.0 Å². The van der Waals surface area contributed by atoms with Crippen molar-refractivity contribution in [3.8, 4) is 5.69 Å². The molecule has 0 saturated heterocycles. The average Bonchev–Trinajstić information content (AvgIpc) is 3.32. The van der Waals surface area contributed by atoms with Crippen LogP contribution >= 0.6 is 11.8 Å². The molecule has 0 atom stereocenters. The summed E-state index contributed by atoms with van der Waals surface area (Å²) in [5, 5.41) is 14.7. The Labute approximate surface area is 192 Å². The fourth-order valence-electron chi connectivity index (χ4n) is 3.84. The fourth-order valence-corrected chi connectivity index (χ4v) is 4.76. The lowest BCUT2D eigenvalue weighted by Gasteiger charge is -2.20. The Balaban J connectivity index is 1.53. The number of nitrogens with one attached hydrogen (secondary N) is 1. The van der Waals surface area contributed by atoms with Crippen molar-refractivity contribution in [3.05, 3.63) is 94.3 Å². The molecule has 1 amide bonds. The molecule has 0 radical (unpaired) electrons. The molecule has 2 aliphatic rings. The van der Waals surface area contributed by atoms with Crippen LogP contribution in [0.15, 0.2) is 70.3 Å². The topological polar surface area (TPSA) is 73.8 Å². The highest BCUT2D eigenvalue weighted by atomic mass is 32.2. The number of amides is 1. The highest BCUT2D eigenvalue weighted by Crippen LogP contribution is 2.32. The Morgan fingerprint density at radius 1 is 1.06 bits per heavy atom. The number of nitrogens with zero attached hydrogens (tertiary/aromatic N) is 4. The van der Waals surface area contributed by atoms with Gasteiger partial charge in [0.1, 0.15) is 16.7 Å². The minimum Gasteiger partial charge on any atom is -0.318 e. The number of benzene rings is 2. The fraction of sp³-hybridized carbons (Fsp3) is 0.0833. The van der Waals surface area contributed by atoms with Crippen LogP contribution < -0.4 is 0 Å². The number of carbonyl (C=O) groups excluding carboxylic acids is 1. The molecule has 1 aromatic heterocycles. The van der Waals surface area contributed by atoms with Gasteiger partial charge in [-0.3, -0.25) is 10.2 Å². The number of halogens is 2. The van der Waals surface area contributed by atoms with Crippen LogP contribution in [-0.2, 0) is 4.79 Å². The maximum atomic E-state index is 14.2. The van der Waals surface area contributed by atoms with Crippen LogP contribution in [0.3, 0.4) is 0 Å². The Morgan fingerprint density at radius 2 is 1.85 bits per heavy atom. The van der Waals surface area contributed by atoms with Crippen LogP contribution in [0.25, 0.3) is 11.8 Å². The zero-order valence-electron chi connectivity index (χ0n) is 17.6. The maximum absolute atomic E-state index is 14.2. The van der Waals surface area contributed by atoms with Crippen LogP contribution in [0.2, 0.25) is 0 Å². The van der Waals surface area contributed by atoms with Gasteiger partial charge < -0.3 is 4.57 Å². The number of amidine groups is 2. The lowest BCUT2D eigenvalue weighted by Crippen LogP contribution is -2.35. The summed E-state index contributed by atoms with van der Waals surface area (Å²) in [5.41, 5.74) is 3.35. The van der Waals surface area contributed by atoms with Gasteiger partial charge in [0.25, 0.3) is 5.91 Å². The molecule has 33 heavy (non-hydrogen) atoms. The standard InChI is InChI=1S/C24H17F2N5OS/c1-13-10-15(14(2)30(13)17-7-5-6-16(25)12-17)11-19-21(27)31-24(28-22(19)32)33-23(29-31)18-8-3-4-9-20(18)26/h3-12,27H,1-2H3/b19-11-,27-21?.